The number of hydrogen-bond acceptors (Lipinski definition) is 5. The van der Waals surface area contributed by atoms with E-state index in [-0.39, 0.29) is 35.4 Å². The van der Waals surface area contributed by atoms with E-state index in [0.717, 1.165) is 0 Å². The Morgan fingerprint density at radius 3 is 2.76 bits per heavy atom. The second-order valence-corrected chi connectivity index (χ2v) is 6.62. The molecule has 0 amide bonds. The normalized spacial score (nSPS) is 20.2. The predicted molar refractivity (Wildman–Crippen MR) is 74.1 cm³/mol. The van der Waals surface area contributed by atoms with Gasteiger partial charge in [-0.25, -0.2) is 13.2 Å². The van der Waals surface area contributed by atoms with Gasteiger partial charge in [0.2, 0.25) is 10.0 Å². The van der Waals surface area contributed by atoms with Crippen LogP contribution in [0.15, 0.2) is 23.1 Å². The van der Waals surface area contributed by atoms with Crippen LogP contribution in [-0.2, 0) is 14.8 Å². The van der Waals surface area contributed by atoms with E-state index in [1.165, 1.54) is 29.6 Å². The van der Waals surface area contributed by atoms with Crippen LogP contribution in [0.1, 0.15) is 17.3 Å². The van der Waals surface area contributed by atoms with Crippen LogP contribution in [0.25, 0.3) is 0 Å². The maximum absolute atomic E-state index is 12.6. The first-order chi connectivity index (χ1) is 9.86. The van der Waals surface area contributed by atoms with Crippen LogP contribution in [-0.4, -0.2) is 56.7 Å². The van der Waals surface area contributed by atoms with Gasteiger partial charge in [0.05, 0.1) is 25.4 Å². The maximum Gasteiger partial charge on any atom is 0.335 e. The first-order valence-corrected chi connectivity index (χ1v) is 7.83. The van der Waals surface area contributed by atoms with E-state index in [1.54, 1.807) is 6.92 Å². The highest BCUT2D eigenvalue weighted by atomic mass is 32.2. The van der Waals surface area contributed by atoms with Crippen molar-refractivity contribution < 1.29 is 27.8 Å². The Bertz CT molecular complexity index is 642. The zero-order valence-electron chi connectivity index (χ0n) is 11.8. The third kappa shape index (κ3) is 3.17. The van der Waals surface area contributed by atoms with Crippen LogP contribution < -0.4 is 4.74 Å². The van der Waals surface area contributed by atoms with Gasteiger partial charge in [0, 0.05) is 13.1 Å². The Kier molecular flexibility index (Phi) is 4.50. The molecule has 1 heterocycles. The minimum Gasteiger partial charge on any atom is -0.495 e. The van der Waals surface area contributed by atoms with Gasteiger partial charge in [-0.2, -0.15) is 4.31 Å². The molecule has 0 unspecified atom stereocenters. The lowest BCUT2D eigenvalue weighted by atomic mass is 10.2. The van der Waals surface area contributed by atoms with E-state index < -0.39 is 16.0 Å². The molecule has 1 atom stereocenters. The molecule has 7 nitrogen and oxygen atoms in total. The van der Waals surface area contributed by atoms with Crippen molar-refractivity contribution in [2.45, 2.75) is 17.9 Å². The molecule has 1 aliphatic heterocycles. The van der Waals surface area contributed by atoms with Crippen LogP contribution in [0.3, 0.4) is 0 Å². The smallest absolute Gasteiger partial charge is 0.335 e. The summed E-state index contributed by atoms with van der Waals surface area (Å²) < 4.78 is 37.0. The average Bonchev–Trinajstić information content (AvgIpc) is 2.46. The summed E-state index contributed by atoms with van der Waals surface area (Å²) in [5, 5.41) is 8.95. The second kappa shape index (κ2) is 6.00. The molecule has 1 fully saturated rings. The van der Waals surface area contributed by atoms with Crippen LogP contribution in [0.2, 0.25) is 0 Å². The van der Waals surface area contributed by atoms with Gasteiger partial charge < -0.3 is 14.6 Å². The third-order valence-electron chi connectivity index (χ3n) is 3.23. The fourth-order valence-electron chi connectivity index (χ4n) is 2.16. The summed E-state index contributed by atoms with van der Waals surface area (Å²) in [5.74, 6) is -1.12. The van der Waals surface area contributed by atoms with Gasteiger partial charge in [-0.3, -0.25) is 0 Å². The van der Waals surface area contributed by atoms with Crippen LogP contribution in [0, 0.1) is 0 Å². The van der Waals surface area contributed by atoms with Gasteiger partial charge in [-0.05, 0) is 25.1 Å². The summed E-state index contributed by atoms with van der Waals surface area (Å²) in [5.41, 5.74) is -0.0267. The molecular weight excluding hydrogens is 298 g/mol. The lowest BCUT2D eigenvalue weighted by molar-refractivity contribution is 0.0101. The molecule has 0 aromatic heterocycles. The highest BCUT2D eigenvalue weighted by molar-refractivity contribution is 7.89. The highest BCUT2D eigenvalue weighted by Crippen LogP contribution is 2.28. The Morgan fingerprint density at radius 2 is 2.19 bits per heavy atom. The molecule has 8 heteroatoms. The largest absolute Gasteiger partial charge is 0.495 e. The summed E-state index contributed by atoms with van der Waals surface area (Å²) in [7, 11) is -2.44. The molecule has 1 aromatic carbocycles. The molecule has 21 heavy (non-hydrogen) atoms. The fraction of sp³-hybridized carbons (Fsp3) is 0.462. The van der Waals surface area contributed by atoms with Crippen molar-refractivity contribution in [1.82, 2.24) is 4.31 Å². The molecule has 1 saturated heterocycles. The van der Waals surface area contributed by atoms with E-state index >= 15 is 0 Å². The van der Waals surface area contributed by atoms with Gasteiger partial charge in [0.25, 0.3) is 0 Å². The molecule has 0 bridgehead atoms. The monoisotopic (exact) mass is 315 g/mol. The van der Waals surface area contributed by atoms with Gasteiger partial charge in [0.1, 0.15) is 10.6 Å². The summed E-state index contributed by atoms with van der Waals surface area (Å²) in [4.78, 5) is 10.9. The first kappa shape index (κ1) is 15.7. The van der Waals surface area contributed by atoms with Crippen molar-refractivity contribution in [1.29, 1.82) is 0 Å². The van der Waals surface area contributed by atoms with Crippen molar-refractivity contribution in [2.75, 3.05) is 26.8 Å². The van der Waals surface area contributed by atoms with Crippen LogP contribution in [0.5, 0.6) is 5.75 Å². The molecule has 0 spiro atoms. The number of morpholine rings is 1. The van der Waals surface area contributed by atoms with Crippen molar-refractivity contribution in [2.24, 2.45) is 0 Å². The average molecular weight is 315 g/mol. The lowest BCUT2D eigenvalue weighted by Gasteiger charge is -2.30. The summed E-state index contributed by atoms with van der Waals surface area (Å²) in [6, 6.07) is 3.72. The zero-order chi connectivity index (χ0) is 15.6. The molecule has 1 N–H and O–H groups in total. The quantitative estimate of drug-likeness (QED) is 0.883. The standard InChI is InChI=1S/C13H17NO6S/c1-9-8-14(5-6-20-9)21(17,18)12-4-3-10(13(15)16)7-11(12)19-2/h3-4,7,9H,5-6,8H2,1-2H3,(H,15,16)/t9-/m0/s1. The molecule has 0 aliphatic carbocycles. The number of carboxylic acids is 1. The summed E-state index contributed by atoms with van der Waals surface area (Å²) in [6.45, 7) is 2.64. The molecule has 116 valence electrons. The van der Waals surface area contributed by atoms with Gasteiger partial charge in [0.15, 0.2) is 0 Å². The molecular formula is C13H17NO6S. The van der Waals surface area contributed by atoms with Gasteiger partial charge in [-0.1, -0.05) is 0 Å². The number of benzene rings is 1. The number of carboxylic acid groups (broad SMARTS) is 1. The van der Waals surface area contributed by atoms with E-state index in [0.29, 0.717) is 6.61 Å². The Morgan fingerprint density at radius 1 is 1.48 bits per heavy atom. The van der Waals surface area contributed by atoms with E-state index in [1.807, 2.05) is 0 Å². The van der Waals surface area contributed by atoms with Crippen LogP contribution >= 0.6 is 0 Å². The number of rotatable bonds is 4. The fourth-order valence-corrected chi connectivity index (χ4v) is 3.79. The Labute approximate surface area is 123 Å². The van der Waals surface area contributed by atoms with Crippen molar-refractivity contribution in [3.8, 4) is 5.75 Å². The minimum absolute atomic E-state index is 0.0223. The zero-order valence-corrected chi connectivity index (χ0v) is 12.6. The Balaban J connectivity index is 2.42. The molecule has 0 saturated carbocycles. The molecule has 0 radical (unpaired) electrons. The second-order valence-electron chi connectivity index (χ2n) is 4.72. The van der Waals surface area contributed by atoms with Crippen molar-refractivity contribution in [3.05, 3.63) is 23.8 Å². The molecule has 1 aromatic rings. The number of ether oxygens (including phenoxy) is 2. The lowest BCUT2D eigenvalue weighted by Crippen LogP contribution is -2.44. The predicted octanol–water partition coefficient (Wildman–Crippen LogP) is 0.803. The van der Waals surface area contributed by atoms with Crippen molar-refractivity contribution >= 4 is 16.0 Å². The number of nitrogens with zero attached hydrogens (tertiary/aromatic N) is 1. The molecule has 1 aliphatic rings. The van der Waals surface area contributed by atoms with E-state index in [4.69, 9.17) is 14.6 Å². The summed E-state index contributed by atoms with van der Waals surface area (Å²) >= 11 is 0. The van der Waals surface area contributed by atoms with Gasteiger partial charge in [-0.15, -0.1) is 0 Å². The number of carbonyl (C=O) groups is 1. The summed E-state index contributed by atoms with van der Waals surface area (Å²) in [6.07, 6.45) is -0.183. The number of aromatic carboxylic acids is 1. The first-order valence-electron chi connectivity index (χ1n) is 6.39. The Hall–Kier alpha value is -1.64. The third-order valence-corrected chi connectivity index (χ3v) is 5.14. The van der Waals surface area contributed by atoms with E-state index in [2.05, 4.69) is 0 Å². The van der Waals surface area contributed by atoms with Crippen LogP contribution in [0.4, 0.5) is 0 Å². The minimum atomic E-state index is -3.74. The number of sulfonamides is 1. The van der Waals surface area contributed by atoms with Gasteiger partial charge >= 0.3 is 5.97 Å². The highest BCUT2D eigenvalue weighted by Gasteiger charge is 2.31. The number of methoxy groups -OCH3 is 1. The molecule has 2 rings (SSSR count). The van der Waals surface area contributed by atoms with Crippen molar-refractivity contribution in [3.63, 3.8) is 0 Å². The maximum atomic E-state index is 12.6. The SMILES string of the molecule is COc1cc(C(=O)O)ccc1S(=O)(=O)N1CCO[C@@H](C)C1. The topological polar surface area (TPSA) is 93.1 Å². The van der Waals surface area contributed by atoms with E-state index in [9.17, 15) is 13.2 Å². The number of hydrogen-bond donors (Lipinski definition) is 1.